The molecule has 3 N–H and O–H groups in total. The zero-order valence-electron chi connectivity index (χ0n) is 17.1. The van der Waals surface area contributed by atoms with E-state index in [1.807, 2.05) is 0 Å². The maximum absolute atomic E-state index is 13.1. The van der Waals surface area contributed by atoms with Crippen LogP contribution in [0.2, 0.25) is 0 Å². The summed E-state index contributed by atoms with van der Waals surface area (Å²) in [5, 5.41) is 18.7. The number of aromatic nitrogens is 1. The molecule has 1 atom stereocenters. The molecule has 0 aliphatic carbocycles. The Bertz CT molecular complexity index is 974. The second-order valence-corrected chi connectivity index (χ2v) is 7.35. The van der Waals surface area contributed by atoms with Gasteiger partial charge in [0.25, 0.3) is 5.91 Å². The van der Waals surface area contributed by atoms with Crippen molar-refractivity contribution in [2.24, 2.45) is 0 Å². The highest BCUT2D eigenvalue weighted by Gasteiger charge is 2.21. The topological polar surface area (TPSA) is 121 Å². The summed E-state index contributed by atoms with van der Waals surface area (Å²) < 4.78 is 17.2. The molecule has 2 aromatic rings. The van der Waals surface area contributed by atoms with E-state index < -0.39 is 0 Å². The Balaban J connectivity index is 1.63. The van der Waals surface area contributed by atoms with Crippen LogP contribution in [0, 0.1) is 10.8 Å². The number of nitrogens with zero attached hydrogens (tertiary/aromatic N) is 2. The van der Waals surface area contributed by atoms with Gasteiger partial charge < -0.3 is 24.4 Å². The van der Waals surface area contributed by atoms with E-state index in [1.54, 1.807) is 36.4 Å². The van der Waals surface area contributed by atoms with Gasteiger partial charge in [0.15, 0.2) is 5.84 Å². The fourth-order valence-corrected chi connectivity index (χ4v) is 3.46. The molecule has 1 aromatic carbocycles. The van der Waals surface area contributed by atoms with Gasteiger partial charge in [-0.2, -0.15) is 0 Å². The fourth-order valence-electron chi connectivity index (χ4n) is 3.46. The largest absolute Gasteiger partial charge is 0.493 e. The zero-order chi connectivity index (χ0) is 21.6. The number of amidine groups is 1. The van der Waals surface area contributed by atoms with Crippen LogP contribution in [0.5, 0.6) is 11.5 Å². The van der Waals surface area contributed by atoms with E-state index in [0.29, 0.717) is 61.4 Å². The first-order chi connectivity index (χ1) is 15.1. The maximum atomic E-state index is 13.1. The number of benzene rings is 1. The van der Waals surface area contributed by atoms with Crippen molar-refractivity contribution in [2.45, 2.75) is 25.4 Å². The van der Waals surface area contributed by atoms with Crippen molar-refractivity contribution >= 4 is 23.9 Å². The predicted molar refractivity (Wildman–Crippen MR) is 116 cm³/mol. The van der Waals surface area contributed by atoms with Gasteiger partial charge in [-0.05, 0) is 43.2 Å². The molecule has 2 bridgehead atoms. The smallest absolute Gasteiger partial charge is 0.260 e. The molecule has 1 amide bonds. The first-order valence-electron chi connectivity index (χ1n) is 10.3. The van der Waals surface area contributed by atoms with Crippen molar-refractivity contribution in [1.82, 2.24) is 9.88 Å². The van der Waals surface area contributed by atoms with Gasteiger partial charge in [-0.1, -0.05) is 6.07 Å². The van der Waals surface area contributed by atoms with Gasteiger partial charge in [-0.15, -0.1) is 0 Å². The van der Waals surface area contributed by atoms with Crippen LogP contribution in [0.3, 0.4) is 0 Å². The van der Waals surface area contributed by atoms with Crippen molar-refractivity contribution in [1.29, 1.82) is 10.8 Å². The third kappa shape index (κ3) is 5.00. The first-order valence-corrected chi connectivity index (χ1v) is 10.3. The highest BCUT2D eigenvalue weighted by atomic mass is 16.5. The number of carbonyl (C=O) groups excluding carboxylic acids is 1. The van der Waals surface area contributed by atoms with E-state index in [2.05, 4.69) is 10.3 Å². The number of nitrogens with one attached hydrogen (secondary N) is 3. The van der Waals surface area contributed by atoms with Gasteiger partial charge in [0.2, 0.25) is 0 Å². The molecule has 9 heteroatoms. The summed E-state index contributed by atoms with van der Waals surface area (Å²) in [4.78, 5) is 19.0. The SMILES string of the molecule is N=CN1CCCCOc2ccc(OC3CCOC3)cc2C(=O)Nc2cccc(n2)C1=N. The number of hydrogen-bond donors (Lipinski definition) is 3. The Morgan fingerprint density at radius 2 is 2.13 bits per heavy atom. The molecule has 0 radical (unpaired) electrons. The Kier molecular flexibility index (Phi) is 6.42. The highest BCUT2D eigenvalue weighted by Crippen LogP contribution is 2.27. The minimum absolute atomic E-state index is 0.0262. The number of rotatable bonds is 3. The van der Waals surface area contributed by atoms with Gasteiger partial charge in [0.05, 0.1) is 31.7 Å². The van der Waals surface area contributed by atoms with Crippen LogP contribution in [-0.4, -0.2) is 60.4 Å². The van der Waals surface area contributed by atoms with E-state index in [0.717, 1.165) is 19.2 Å². The van der Waals surface area contributed by atoms with Crippen molar-refractivity contribution in [3.05, 3.63) is 47.7 Å². The zero-order valence-corrected chi connectivity index (χ0v) is 17.1. The Morgan fingerprint density at radius 1 is 1.23 bits per heavy atom. The Hall–Kier alpha value is -3.46. The average molecular weight is 423 g/mol. The minimum Gasteiger partial charge on any atom is -0.493 e. The summed E-state index contributed by atoms with van der Waals surface area (Å²) in [6, 6.07) is 10.3. The number of amides is 1. The molecule has 1 unspecified atom stereocenters. The third-order valence-corrected chi connectivity index (χ3v) is 5.11. The van der Waals surface area contributed by atoms with Gasteiger partial charge in [-0.25, -0.2) is 4.98 Å². The van der Waals surface area contributed by atoms with Crippen molar-refractivity contribution in [3.63, 3.8) is 0 Å². The third-order valence-electron chi connectivity index (χ3n) is 5.11. The maximum Gasteiger partial charge on any atom is 0.260 e. The van der Waals surface area contributed by atoms with E-state index in [9.17, 15) is 4.79 Å². The summed E-state index contributed by atoms with van der Waals surface area (Å²) in [7, 11) is 0. The Morgan fingerprint density at radius 3 is 2.94 bits per heavy atom. The number of fused-ring (bicyclic) bond motifs is 3. The molecule has 2 aliphatic heterocycles. The normalized spacial score (nSPS) is 19.6. The fraction of sp³-hybridized carbons (Fsp3) is 0.364. The number of ether oxygens (including phenoxy) is 3. The molecular weight excluding hydrogens is 398 g/mol. The quantitative estimate of drug-likeness (QED) is 0.516. The van der Waals surface area contributed by atoms with Crippen LogP contribution in [0.25, 0.3) is 0 Å². The molecule has 1 saturated heterocycles. The Labute approximate surface area is 180 Å². The number of hydrogen-bond acceptors (Lipinski definition) is 7. The predicted octanol–water partition coefficient (Wildman–Crippen LogP) is 2.91. The lowest BCUT2D eigenvalue weighted by molar-refractivity contribution is 0.102. The molecule has 1 aromatic heterocycles. The lowest BCUT2D eigenvalue weighted by atomic mass is 10.1. The standard InChI is InChI=1S/C22H25N5O4/c23-14-27-9-1-2-10-30-19-7-6-15(31-16-8-11-29-13-16)12-17(19)22(28)26-20-5-3-4-18(25-20)21(27)24/h3-7,12,14,16,23-24H,1-2,8-11,13H2,(H,25,26,28). The van der Waals surface area contributed by atoms with Crippen molar-refractivity contribution in [2.75, 3.05) is 31.7 Å². The summed E-state index contributed by atoms with van der Waals surface area (Å²) >= 11 is 0. The molecular formula is C22H25N5O4. The summed E-state index contributed by atoms with van der Waals surface area (Å²) in [6.45, 7) is 2.13. The lowest BCUT2D eigenvalue weighted by Crippen LogP contribution is -2.31. The number of anilines is 1. The average Bonchev–Trinajstić information content (AvgIpc) is 3.29. The van der Waals surface area contributed by atoms with Crippen LogP contribution >= 0.6 is 0 Å². The summed E-state index contributed by atoms with van der Waals surface area (Å²) in [6.07, 6.45) is 3.34. The monoisotopic (exact) mass is 423 g/mol. The van der Waals surface area contributed by atoms with Crippen LogP contribution in [0.15, 0.2) is 36.4 Å². The van der Waals surface area contributed by atoms with E-state index in [-0.39, 0.29) is 17.8 Å². The second-order valence-electron chi connectivity index (χ2n) is 7.35. The number of carbonyl (C=O) groups is 1. The van der Waals surface area contributed by atoms with Crippen LogP contribution in [0.4, 0.5) is 5.82 Å². The molecule has 4 rings (SSSR count). The van der Waals surface area contributed by atoms with Gasteiger partial charge in [0.1, 0.15) is 29.1 Å². The molecule has 0 spiro atoms. The first kappa shape index (κ1) is 20.8. The molecule has 0 saturated carbocycles. The second kappa shape index (κ2) is 9.57. The summed E-state index contributed by atoms with van der Waals surface area (Å²) in [5.41, 5.74) is 0.741. The van der Waals surface area contributed by atoms with Crippen LogP contribution in [0.1, 0.15) is 35.3 Å². The highest BCUT2D eigenvalue weighted by molar-refractivity contribution is 6.06. The van der Waals surface area contributed by atoms with Crippen LogP contribution in [-0.2, 0) is 4.74 Å². The van der Waals surface area contributed by atoms with E-state index in [4.69, 9.17) is 25.0 Å². The molecule has 3 heterocycles. The molecule has 31 heavy (non-hydrogen) atoms. The molecule has 9 nitrogen and oxygen atoms in total. The van der Waals surface area contributed by atoms with Gasteiger partial charge in [-0.3, -0.25) is 15.6 Å². The molecule has 1 fully saturated rings. The van der Waals surface area contributed by atoms with E-state index >= 15 is 0 Å². The van der Waals surface area contributed by atoms with Crippen LogP contribution < -0.4 is 14.8 Å². The van der Waals surface area contributed by atoms with Gasteiger partial charge in [0, 0.05) is 13.0 Å². The minimum atomic E-state index is -0.375. The lowest BCUT2D eigenvalue weighted by Gasteiger charge is -2.20. The van der Waals surface area contributed by atoms with Crippen molar-refractivity contribution in [3.8, 4) is 11.5 Å². The molecule has 162 valence electrons. The van der Waals surface area contributed by atoms with Crippen molar-refractivity contribution < 1.29 is 19.0 Å². The summed E-state index contributed by atoms with van der Waals surface area (Å²) in [5.74, 6) is 1.10. The van der Waals surface area contributed by atoms with E-state index in [1.165, 1.54) is 4.90 Å². The molecule has 2 aliphatic rings. The van der Waals surface area contributed by atoms with Gasteiger partial charge >= 0.3 is 0 Å². The number of pyridine rings is 1.